The normalized spacial score (nSPS) is 10.4. The van der Waals surface area contributed by atoms with E-state index < -0.39 is 5.82 Å². The molecule has 0 radical (unpaired) electrons. The summed E-state index contributed by atoms with van der Waals surface area (Å²) in [6, 6.07) is 11.9. The maximum Gasteiger partial charge on any atom is 0.170 e. The molecule has 0 amide bonds. The summed E-state index contributed by atoms with van der Waals surface area (Å²) < 4.78 is 15.1. The van der Waals surface area contributed by atoms with Gasteiger partial charge in [-0.15, -0.1) is 0 Å². The van der Waals surface area contributed by atoms with Gasteiger partial charge in [0.05, 0.1) is 5.56 Å². The molecule has 1 nitrogen and oxygen atoms in total. The molecule has 0 unspecified atom stereocenters. The van der Waals surface area contributed by atoms with E-state index in [0.717, 1.165) is 10.0 Å². The van der Waals surface area contributed by atoms with E-state index in [1.165, 1.54) is 12.1 Å². The Morgan fingerprint density at radius 2 is 1.83 bits per heavy atom. The SMILES string of the molecule is O=C(Cc1ccccc1Br)c1ccc(Br)cc1F. The second-order valence-electron chi connectivity index (χ2n) is 3.82. The molecule has 2 aromatic carbocycles. The minimum atomic E-state index is -0.499. The Hall–Kier alpha value is -1.00. The van der Waals surface area contributed by atoms with Crippen molar-refractivity contribution >= 4 is 37.6 Å². The van der Waals surface area contributed by atoms with Crippen molar-refractivity contribution in [2.45, 2.75) is 6.42 Å². The number of rotatable bonds is 3. The summed E-state index contributed by atoms with van der Waals surface area (Å²) in [6.07, 6.45) is 0.181. The van der Waals surface area contributed by atoms with Gasteiger partial charge >= 0.3 is 0 Å². The van der Waals surface area contributed by atoms with Gasteiger partial charge in [0.15, 0.2) is 5.78 Å². The lowest BCUT2D eigenvalue weighted by molar-refractivity contribution is 0.0989. The third kappa shape index (κ3) is 3.06. The van der Waals surface area contributed by atoms with Gasteiger partial charge in [-0.05, 0) is 29.8 Å². The molecule has 0 aromatic heterocycles. The largest absolute Gasteiger partial charge is 0.294 e. The van der Waals surface area contributed by atoms with Gasteiger partial charge in [-0.1, -0.05) is 50.1 Å². The molecule has 0 aliphatic carbocycles. The van der Waals surface area contributed by atoms with Gasteiger partial charge in [0.25, 0.3) is 0 Å². The van der Waals surface area contributed by atoms with Crippen LogP contribution in [0.3, 0.4) is 0 Å². The van der Waals surface area contributed by atoms with Gasteiger partial charge in [-0.2, -0.15) is 0 Å². The quantitative estimate of drug-likeness (QED) is 0.710. The van der Waals surface area contributed by atoms with Crippen LogP contribution in [0.15, 0.2) is 51.4 Å². The third-order valence-electron chi connectivity index (χ3n) is 2.54. The fraction of sp³-hybridized carbons (Fsp3) is 0.0714. The van der Waals surface area contributed by atoms with Crippen molar-refractivity contribution in [1.29, 1.82) is 0 Å². The van der Waals surface area contributed by atoms with E-state index in [4.69, 9.17) is 0 Å². The predicted molar refractivity (Wildman–Crippen MR) is 76.3 cm³/mol. The molecule has 0 spiro atoms. The van der Waals surface area contributed by atoms with Crippen molar-refractivity contribution in [3.05, 3.63) is 68.4 Å². The number of carbonyl (C=O) groups is 1. The van der Waals surface area contributed by atoms with E-state index in [-0.39, 0.29) is 17.8 Å². The van der Waals surface area contributed by atoms with E-state index in [9.17, 15) is 9.18 Å². The van der Waals surface area contributed by atoms with Crippen LogP contribution in [0.2, 0.25) is 0 Å². The highest BCUT2D eigenvalue weighted by molar-refractivity contribution is 9.10. The first-order chi connectivity index (χ1) is 8.58. The van der Waals surface area contributed by atoms with Gasteiger partial charge in [0.2, 0.25) is 0 Å². The Morgan fingerprint density at radius 3 is 2.50 bits per heavy atom. The summed E-state index contributed by atoms with van der Waals surface area (Å²) in [5.41, 5.74) is 0.971. The Morgan fingerprint density at radius 1 is 1.11 bits per heavy atom. The molecule has 18 heavy (non-hydrogen) atoms. The molecule has 0 fully saturated rings. The summed E-state index contributed by atoms with van der Waals surface area (Å²) in [6.45, 7) is 0. The van der Waals surface area contributed by atoms with Crippen LogP contribution < -0.4 is 0 Å². The van der Waals surface area contributed by atoms with Gasteiger partial charge in [0.1, 0.15) is 5.82 Å². The zero-order valence-electron chi connectivity index (χ0n) is 9.29. The standard InChI is InChI=1S/C14H9Br2FO/c15-10-5-6-11(13(17)8-10)14(18)7-9-3-1-2-4-12(9)16/h1-6,8H,7H2. The average Bonchev–Trinajstić information content (AvgIpc) is 2.32. The molecular formula is C14H9Br2FO. The van der Waals surface area contributed by atoms with Crippen LogP contribution in [0.5, 0.6) is 0 Å². The summed E-state index contributed by atoms with van der Waals surface area (Å²) in [7, 11) is 0. The average molecular weight is 372 g/mol. The number of benzene rings is 2. The molecule has 0 heterocycles. The first-order valence-electron chi connectivity index (χ1n) is 5.29. The fourth-order valence-corrected chi connectivity index (χ4v) is 2.38. The third-order valence-corrected chi connectivity index (χ3v) is 3.81. The molecule has 0 saturated heterocycles. The smallest absolute Gasteiger partial charge is 0.170 e. The Bertz CT molecular complexity index is 596. The summed E-state index contributed by atoms with van der Waals surface area (Å²) in [5, 5.41) is 0. The Kier molecular flexibility index (Phi) is 4.30. The van der Waals surface area contributed by atoms with E-state index in [1.54, 1.807) is 6.07 Å². The number of hydrogen-bond donors (Lipinski definition) is 0. The van der Waals surface area contributed by atoms with Gasteiger partial charge < -0.3 is 0 Å². The van der Waals surface area contributed by atoms with E-state index >= 15 is 0 Å². The van der Waals surface area contributed by atoms with Gasteiger partial charge in [0, 0.05) is 15.4 Å². The highest BCUT2D eigenvalue weighted by Gasteiger charge is 2.13. The second kappa shape index (κ2) is 5.76. The molecule has 92 valence electrons. The minimum absolute atomic E-state index is 0.119. The van der Waals surface area contributed by atoms with Crippen molar-refractivity contribution in [2.75, 3.05) is 0 Å². The van der Waals surface area contributed by atoms with Crippen LogP contribution in [-0.4, -0.2) is 5.78 Å². The minimum Gasteiger partial charge on any atom is -0.294 e. The van der Waals surface area contributed by atoms with Crippen molar-refractivity contribution in [1.82, 2.24) is 0 Å². The number of Topliss-reactive ketones (excluding diaryl/α,β-unsaturated/α-hetero) is 1. The topological polar surface area (TPSA) is 17.1 Å². The second-order valence-corrected chi connectivity index (χ2v) is 5.59. The van der Waals surface area contributed by atoms with E-state index in [2.05, 4.69) is 31.9 Å². The zero-order valence-corrected chi connectivity index (χ0v) is 12.5. The van der Waals surface area contributed by atoms with Crippen molar-refractivity contribution in [3.63, 3.8) is 0 Å². The van der Waals surface area contributed by atoms with Crippen LogP contribution in [0.25, 0.3) is 0 Å². The summed E-state index contributed by atoms with van der Waals surface area (Å²) in [5.74, 6) is -0.728. The maximum absolute atomic E-state index is 13.6. The van der Waals surface area contributed by atoms with E-state index in [1.807, 2.05) is 24.3 Å². The van der Waals surface area contributed by atoms with Crippen molar-refractivity contribution < 1.29 is 9.18 Å². The molecule has 0 N–H and O–H groups in total. The van der Waals surface area contributed by atoms with Crippen LogP contribution in [0, 0.1) is 5.82 Å². The first kappa shape index (κ1) is 13.4. The highest BCUT2D eigenvalue weighted by atomic mass is 79.9. The fourth-order valence-electron chi connectivity index (χ4n) is 1.63. The van der Waals surface area contributed by atoms with Crippen LogP contribution >= 0.6 is 31.9 Å². The number of carbonyl (C=O) groups excluding carboxylic acids is 1. The molecule has 4 heteroatoms. The molecular weight excluding hydrogens is 363 g/mol. The summed E-state index contributed by atoms with van der Waals surface area (Å²) in [4.78, 5) is 12.0. The molecule has 2 rings (SSSR count). The lowest BCUT2D eigenvalue weighted by Gasteiger charge is -2.05. The molecule has 0 atom stereocenters. The molecule has 2 aromatic rings. The first-order valence-corrected chi connectivity index (χ1v) is 6.88. The Balaban J connectivity index is 2.25. The Labute approximate surface area is 121 Å². The highest BCUT2D eigenvalue weighted by Crippen LogP contribution is 2.20. The monoisotopic (exact) mass is 370 g/mol. The number of hydrogen-bond acceptors (Lipinski definition) is 1. The van der Waals surface area contributed by atoms with Crippen LogP contribution in [-0.2, 0) is 6.42 Å². The van der Waals surface area contributed by atoms with Crippen LogP contribution in [0.1, 0.15) is 15.9 Å². The van der Waals surface area contributed by atoms with Crippen molar-refractivity contribution in [2.24, 2.45) is 0 Å². The lowest BCUT2D eigenvalue weighted by Crippen LogP contribution is -2.06. The van der Waals surface area contributed by atoms with Crippen molar-refractivity contribution in [3.8, 4) is 0 Å². The molecule has 0 aliphatic heterocycles. The molecule has 0 aliphatic rings. The lowest BCUT2D eigenvalue weighted by atomic mass is 10.0. The maximum atomic E-state index is 13.6. The molecule has 0 bridgehead atoms. The van der Waals surface area contributed by atoms with Gasteiger partial charge in [-0.25, -0.2) is 4.39 Å². The molecule has 0 saturated carbocycles. The number of ketones is 1. The van der Waals surface area contributed by atoms with E-state index in [0.29, 0.717) is 4.47 Å². The van der Waals surface area contributed by atoms with Crippen LogP contribution in [0.4, 0.5) is 4.39 Å². The summed E-state index contributed by atoms with van der Waals surface area (Å²) >= 11 is 6.54. The predicted octanol–water partition coefficient (Wildman–Crippen LogP) is 4.78. The van der Waals surface area contributed by atoms with Gasteiger partial charge in [-0.3, -0.25) is 4.79 Å². The number of halogens is 3. The zero-order chi connectivity index (χ0) is 13.1.